The van der Waals surface area contributed by atoms with Gasteiger partial charge in [-0.3, -0.25) is 19.4 Å². The van der Waals surface area contributed by atoms with E-state index in [-0.39, 0.29) is 18.1 Å². The number of aliphatic hydroxyl groups is 1. The van der Waals surface area contributed by atoms with Crippen molar-refractivity contribution < 1.29 is 14.6 Å². The first kappa shape index (κ1) is 33.0. The highest BCUT2D eigenvalue weighted by Gasteiger charge is 2.33. The molecule has 7 heterocycles. The lowest BCUT2D eigenvalue weighted by Crippen LogP contribution is -2.59. The van der Waals surface area contributed by atoms with Crippen molar-refractivity contribution in [1.82, 2.24) is 24.0 Å². The minimum atomic E-state index is -0.318. The lowest BCUT2D eigenvalue weighted by atomic mass is 10.0. The molecule has 2 saturated heterocycles. The molecule has 1 amide bonds. The van der Waals surface area contributed by atoms with Gasteiger partial charge in [0.15, 0.2) is 0 Å². The summed E-state index contributed by atoms with van der Waals surface area (Å²) in [6.45, 7) is 9.76. The SMILES string of the molecule is CCCCCc1cc2n(c1)CCN(c1nccc(-c3cc(Nc4ccc(N5CCN(C6COC6)C[C@H]5C)cn4)c(=O)n(C)c3)c1CO)C2=O. The van der Waals surface area contributed by atoms with Crippen molar-refractivity contribution in [3.8, 4) is 11.1 Å². The van der Waals surface area contributed by atoms with Gasteiger partial charge in [0.05, 0.1) is 37.7 Å². The Bertz CT molecular complexity index is 1870. The van der Waals surface area contributed by atoms with E-state index in [1.165, 1.54) is 10.1 Å². The standard InChI is InChI=1S/C37H46N8O4/c1-4-5-6-7-26-16-33-37(48)45(15-13-43(33)20-26)35-31(22-46)30(10-11-38-35)27-17-32(36(47)41(3)21-27)40-34-9-8-28(18-39-34)44-14-12-42(19-25(44)2)29-23-49-24-29/h8-11,16-18,20-21,25,29,46H,4-7,12-15,19,22-24H2,1-3H3,(H,39,40)/t25-/m1/s1. The molecule has 0 unspecified atom stereocenters. The average molecular weight is 667 g/mol. The van der Waals surface area contributed by atoms with E-state index in [9.17, 15) is 14.7 Å². The van der Waals surface area contributed by atoms with Crippen LogP contribution in [0, 0.1) is 0 Å². The van der Waals surface area contributed by atoms with Gasteiger partial charge in [0.1, 0.15) is 23.0 Å². The third-order valence-corrected chi connectivity index (χ3v) is 10.1. The Labute approximate surface area is 287 Å². The Morgan fingerprint density at radius 3 is 2.59 bits per heavy atom. The van der Waals surface area contributed by atoms with Crippen molar-refractivity contribution in [2.24, 2.45) is 7.05 Å². The van der Waals surface area contributed by atoms with Gasteiger partial charge in [0.25, 0.3) is 11.5 Å². The molecular weight excluding hydrogens is 620 g/mol. The molecule has 12 heteroatoms. The number of unbranched alkanes of at least 4 members (excludes halogenated alkanes) is 2. The molecule has 0 spiro atoms. The molecule has 3 aliphatic heterocycles. The number of ether oxygens (including phenoxy) is 1. The molecule has 0 aliphatic carbocycles. The van der Waals surface area contributed by atoms with Crippen LogP contribution in [0.2, 0.25) is 0 Å². The maximum atomic E-state index is 13.7. The number of hydrogen-bond donors (Lipinski definition) is 2. The summed E-state index contributed by atoms with van der Waals surface area (Å²) in [6.07, 6.45) is 11.7. The van der Waals surface area contributed by atoms with Crippen LogP contribution in [-0.2, 0) is 31.4 Å². The second kappa shape index (κ2) is 14.1. The maximum absolute atomic E-state index is 13.7. The Balaban J connectivity index is 1.10. The zero-order valence-corrected chi connectivity index (χ0v) is 28.6. The van der Waals surface area contributed by atoms with Gasteiger partial charge in [-0.05, 0) is 61.2 Å². The zero-order chi connectivity index (χ0) is 34.1. The number of carbonyl (C=O) groups excluding carboxylic acids is 1. The maximum Gasteiger partial charge on any atom is 0.276 e. The highest BCUT2D eigenvalue weighted by Crippen LogP contribution is 2.33. The Kier molecular flexibility index (Phi) is 9.53. The fourth-order valence-corrected chi connectivity index (χ4v) is 7.29. The highest BCUT2D eigenvalue weighted by molar-refractivity contribution is 6.06. The predicted molar refractivity (Wildman–Crippen MR) is 191 cm³/mol. The van der Waals surface area contributed by atoms with Crippen molar-refractivity contribution in [3.63, 3.8) is 0 Å². The number of rotatable bonds is 11. The van der Waals surface area contributed by atoms with Crippen LogP contribution in [0.3, 0.4) is 0 Å². The molecule has 0 saturated carbocycles. The fraction of sp³-hybridized carbons (Fsp3) is 0.459. The number of hydrogen-bond acceptors (Lipinski definition) is 9. The Hall–Kier alpha value is -4.52. The minimum Gasteiger partial charge on any atom is -0.392 e. The van der Waals surface area contributed by atoms with Crippen molar-refractivity contribution in [2.75, 3.05) is 54.5 Å². The summed E-state index contributed by atoms with van der Waals surface area (Å²) in [7, 11) is 1.70. The summed E-state index contributed by atoms with van der Waals surface area (Å²) in [4.78, 5) is 42.8. The number of fused-ring (bicyclic) bond motifs is 1. The van der Waals surface area contributed by atoms with Gasteiger partial charge < -0.3 is 29.2 Å². The summed E-state index contributed by atoms with van der Waals surface area (Å²) in [6, 6.07) is 10.4. The van der Waals surface area contributed by atoms with E-state index in [2.05, 4.69) is 45.1 Å². The number of anilines is 4. The quantitative estimate of drug-likeness (QED) is 0.227. The van der Waals surface area contributed by atoms with E-state index in [4.69, 9.17) is 4.74 Å². The fourth-order valence-electron chi connectivity index (χ4n) is 7.29. The van der Waals surface area contributed by atoms with Crippen LogP contribution in [0.25, 0.3) is 11.1 Å². The Morgan fingerprint density at radius 2 is 1.88 bits per heavy atom. The number of aromatic nitrogens is 4. The van der Waals surface area contributed by atoms with Crippen LogP contribution < -0.4 is 20.7 Å². The molecule has 0 bridgehead atoms. The summed E-state index contributed by atoms with van der Waals surface area (Å²) in [5.74, 6) is 0.861. The first-order valence-corrected chi connectivity index (χ1v) is 17.5. The molecule has 0 aromatic carbocycles. The number of aryl methyl sites for hydroxylation is 2. The number of nitrogens with zero attached hydrogens (tertiary/aromatic N) is 7. The lowest BCUT2D eigenvalue weighted by Gasteiger charge is -2.46. The second-order valence-electron chi connectivity index (χ2n) is 13.5. The van der Waals surface area contributed by atoms with Gasteiger partial charge in [0, 0.05) is 75.5 Å². The summed E-state index contributed by atoms with van der Waals surface area (Å²) in [5, 5.41) is 13.9. The molecule has 4 aromatic heterocycles. The summed E-state index contributed by atoms with van der Waals surface area (Å²) < 4.78 is 8.93. The zero-order valence-electron chi connectivity index (χ0n) is 28.6. The smallest absolute Gasteiger partial charge is 0.276 e. The van der Waals surface area contributed by atoms with Crippen LogP contribution >= 0.6 is 0 Å². The van der Waals surface area contributed by atoms with Gasteiger partial charge in [0.2, 0.25) is 0 Å². The van der Waals surface area contributed by atoms with E-state index in [1.807, 2.05) is 35.0 Å². The number of nitrogens with one attached hydrogen (secondary N) is 1. The molecule has 258 valence electrons. The van der Waals surface area contributed by atoms with Crippen LogP contribution in [-0.4, -0.2) is 86.5 Å². The van der Waals surface area contributed by atoms with E-state index in [0.717, 1.165) is 64.2 Å². The third-order valence-electron chi connectivity index (χ3n) is 10.1. The van der Waals surface area contributed by atoms with Gasteiger partial charge >= 0.3 is 0 Å². The molecule has 1 atom stereocenters. The molecular formula is C37H46N8O4. The van der Waals surface area contributed by atoms with E-state index < -0.39 is 0 Å². The van der Waals surface area contributed by atoms with Gasteiger partial charge in [-0.1, -0.05) is 19.8 Å². The van der Waals surface area contributed by atoms with E-state index in [0.29, 0.717) is 64.9 Å². The highest BCUT2D eigenvalue weighted by atomic mass is 16.5. The molecule has 4 aromatic rings. The number of carbonyl (C=O) groups is 1. The van der Waals surface area contributed by atoms with Gasteiger partial charge in [-0.15, -0.1) is 0 Å². The molecule has 12 nitrogen and oxygen atoms in total. The molecule has 49 heavy (non-hydrogen) atoms. The normalized spacial score (nSPS) is 18.4. The van der Waals surface area contributed by atoms with Crippen molar-refractivity contribution >= 4 is 28.9 Å². The van der Waals surface area contributed by atoms with Crippen molar-refractivity contribution in [3.05, 3.63) is 82.3 Å². The number of piperazine rings is 1. The Morgan fingerprint density at radius 1 is 1.02 bits per heavy atom. The average Bonchev–Trinajstić information content (AvgIpc) is 3.50. The van der Waals surface area contributed by atoms with E-state index >= 15 is 0 Å². The molecule has 0 radical (unpaired) electrons. The van der Waals surface area contributed by atoms with Gasteiger partial charge in [-0.2, -0.15) is 0 Å². The van der Waals surface area contributed by atoms with E-state index in [1.54, 1.807) is 30.4 Å². The second-order valence-corrected chi connectivity index (χ2v) is 13.5. The molecule has 7 rings (SSSR count). The van der Waals surface area contributed by atoms with Crippen molar-refractivity contribution in [2.45, 2.75) is 64.8 Å². The van der Waals surface area contributed by atoms with Crippen LogP contribution in [0.5, 0.6) is 0 Å². The summed E-state index contributed by atoms with van der Waals surface area (Å²) >= 11 is 0. The molecule has 2 N–H and O–H groups in total. The van der Waals surface area contributed by atoms with Crippen LogP contribution in [0.4, 0.5) is 23.0 Å². The number of aliphatic hydroxyl groups excluding tert-OH is 1. The van der Waals surface area contributed by atoms with Crippen LogP contribution in [0.15, 0.2) is 59.9 Å². The largest absolute Gasteiger partial charge is 0.392 e. The summed E-state index contributed by atoms with van der Waals surface area (Å²) in [5.41, 5.74) is 4.95. The van der Waals surface area contributed by atoms with Crippen LogP contribution in [0.1, 0.15) is 54.7 Å². The van der Waals surface area contributed by atoms with Crippen molar-refractivity contribution in [1.29, 1.82) is 0 Å². The first-order chi connectivity index (χ1) is 23.8. The third kappa shape index (κ3) is 6.60. The minimum absolute atomic E-state index is 0.131. The topological polar surface area (TPSA) is 121 Å². The lowest BCUT2D eigenvalue weighted by molar-refractivity contribution is -0.0691. The molecule has 2 fully saturated rings. The molecule has 3 aliphatic rings. The predicted octanol–water partition coefficient (Wildman–Crippen LogP) is 4.18. The number of amides is 1. The first-order valence-electron chi connectivity index (χ1n) is 17.5. The monoisotopic (exact) mass is 666 g/mol. The number of pyridine rings is 3. The van der Waals surface area contributed by atoms with Gasteiger partial charge in [-0.25, -0.2) is 9.97 Å².